The summed E-state index contributed by atoms with van der Waals surface area (Å²) >= 11 is 1.71. The number of rotatable bonds is 6. The molecule has 1 fully saturated rings. The third-order valence-corrected chi connectivity index (χ3v) is 5.16. The molecule has 3 aromatic rings. The van der Waals surface area contributed by atoms with Gasteiger partial charge in [0, 0.05) is 35.5 Å². The first-order valence-electron chi connectivity index (χ1n) is 8.55. The average molecular weight is 352 g/mol. The molecule has 0 aliphatic heterocycles. The fourth-order valence-corrected chi connectivity index (χ4v) is 3.55. The molecule has 0 atom stereocenters. The van der Waals surface area contributed by atoms with Gasteiger partial charge in [-0.1, -0.05) is 18.2 Å². The van der Waals surface area contributed by atoms with E-state index in [0.29, 0.717) is 11.6 Å². The Morgan fingerprint density at radius 2 is 2.16 bits per heavy atom. The number of anilines is 1. The highest BCUT2D eigenvalue weighted by Gasteiger charge is 2.25. The Morgan fingerprint density at radius 3 is 2.92 bits per heavy atom. The lowest BCUT2D eigenvalue weighted by atomic mass is 10.1. The van der Waals surface area contributed by atoms with Gasteiger partial charge in [-0.3, -0.25) is 4.79 Å². The molecule has 1 amide bonds. The van der Waals surface area contributed by atoms with E-state index in [-0.39, 0.29) is 5.91 Å². The Bertz CT molecular complexity index is 917. The monoisotopic (exact) mass is 352 g/mol. The second kappa shape index (κ2) is 6.80. The standard InChI is InChI=1S/C19H20N4OS/c1-12-11-21-18(25-12)8-9-20-17-10-15(19(24)22-13-6-7-13)14-4-2-3-5-16(14)23-17/h2-5,10-11,13H,6-9H2,1H3,(H,20,23)(H,22,24). The Labute approximate surface area is 150 Å². The van der Waals surface area contributed by atoms with Crippen LogP contribution in [0, 0.1) is 6.92 Å². The molecule has 0 unspecified atom stereocenters. The second-order valence-electron chi connectivity index (χ2n) is 6.36. The lowest BCUT2D eigenvalue weighted by Gasteiger charge is -2.11. The number of para-hydroxylation sites is 1. The number of benzene rings is 1. The predicted molar refractivity (Wildman–Crippen MR) is 101 cm³/mol. The lowest BCUT2D eigenvalue weighted by molar-refractivity contribution is 0.0952. The van der Waals surface area contributed by atoms with Gasteiger partial charge >= 0.3 is 0 Å². The topological polar surface area (TPSA) is 66.9 Å². The second-order valence-corrected chi connectivity index (χ2v) is 7.68. The van der Waals surface area contributed by atoms with Crippen molar-refractivity contribution in [2.75, 3.05) is 11.9 Å². The molecule has 0 saturated heterocycles. The van der Waals surface area contributed by atoms with Crippen molar-refractivity contribution in [3.63, 3.8) is 0 Å². The summed E-state index contributed by atoms with van der Waals surface area (Å²) in [4.78, 5) is 22.8. The van der Waals surface area contributed by atoms with Crippen LogP contribution >= 0.6 is 11.3 Å². The zero-order chi connectivity index (χ0) is 17.2. The molecule has 25 heavy (non-hydrogen) atoms. The van der Waals surface area contributed by atoms with E-state index < -0.39 is 0 Å². The molecule has 1 saturated carbocycles. The summed E-state index contributed by atoms with van der Waals surface area (Å²) in [6.45, 7) is 2.80. The summed E-state index contributed by atoms with van der Waals surface area (Å²) in [5, 5.41) is 8.40. The number of carbonyl (C=O) groups excluding carboxylic acids is 1. The van der Waals surface area contributed by atoms with Crippen LogP contribution in [-0.2, 0) is 6.42 Å². The molecule has 2 aromatic heterocycles. The van der Waals surface area contributed by atoms with Gasteiger partial charge in [-0.05, 0) is 31.9 Å². The van der Waals surface area contributed by atoms with Gasteiger partial charge in [-0.25, -0.2) is 9.97 Å². The van der Waals surface area contributed by atoms with Crippen molar-refractivity contribution in [1.29, 1.82) is 0 Å². The van der Waals surface area contributed by atoms with Crippen LogP contribution in [0.1, 0.15) is 33.1 Å². The molecule has 0 bridgehead atoms. The van der Waals surface area contributed by atoms with Gasteiger partial charge < -0.3 is 10.6 Å². The van der Waals surface area contributed by atoms with E-state index >= 15 is 0 Å². The molecule has 128 valence electrons. The van der Waals surface area contributed by atoms with Gasteiger partial charge in [0.1, 0.15) is 5.82 Å². The molecule has 4 rings (SSSR count). The van der Waals surface area contributed by atoms with Crippen LogP contribution in [0.3, 0.4) is 0 Å². The summed E-state index contributed by atoms with van der Waals surface area (Å²) in [5.41, 5.74) is 1.52. The number of carbonyl (C=O) groups is 1. The van der Waals surface area contributed by atoms with Gasteiger partial charge in [-0.15, -0.1) is 11.3 Å². The summed E-state index contributed by atoms with van der Waals surface area (Å²) < 4.78 is 0. The highest BCUT2D eigenvalue weighted by atomic mass is 32.1. The summed E-state index contributed by atoms with van der Waals surface area (Å²) in [7, 11) is 0. The molecule has 5 nitrogen and oxygen atoms in total. The van der Waals surface area contributed by atoms with E-state index in [4.69, 9.17) is 0 Å². The number of hydrogen-bond donors (Lipinski definition) is 2. The van der Waals surface area contributed by atoms with Crippen molar-refractivity contribution in [2.45, 2.75) is 32.2 Å². The molecule has 0 radical (unpaired) electrons. The van der Waals surface area contributed by atoms with Gasteiger partial charge in [0.2, 0.25) is 0 Å². The summed E-state index contributed by atoms with van der Waals surface area (Å²) in [6, 6.07) is 9.97. The maximum atomic E-state index is 12.6. The SMILES string of the molecule is Cc1cnc(CCNc2cc(C(=O)NC3CC3)c3ccccc3n2)s1. The van der Waals surface area contributed by atoms with Gasteiger partial charge in [0.15, 0.2) is 0 Å². The predicted octanol–water partition coefficient (Wildman–Crippen LogP) is 3.55. The Hall–Kier alpha value is -2.47. The van der Waals surface area contributed by atoms with E-state index in [1.165, 1.54) is 4.88 Å². The highest BCUT2D eigenvalue weighted by Crippen LogP contribution is 2.24. The Balaban J connectivity index is 1.54. The van der Waals surface area contributed by atoms with Crippen LogP contribution in [0.25, 0.3) is 10.9 Å². The Kier molecular flexibility index (Phi) is 4.36. The van der Waals surface area contributed by atoms with Gasteiger partial charge in [-0.2, -0.15) is 0 Å². The molecule has 1 aliphatic rings. The molecule has 1 aromatic carbocycles. The Morgan fingerprint density at radius 1 is 1.32 bits per heavy atom. The van der Waals surface area contributed by atoms with Crippen LogP contribution < -0.4 is 10.6 Å². The molecular weight excluding hydrogens is 332 g/mol. The van der Waals surface area contributed by atoms with Gasteiger partial charge in [0.05, 0.1) is 16.1 Å². The highest BCUT2D eigenvalue weighted by molar-refractivity contribution is 7.11. The average Bonchev–Trinajstić information content (AvgIpc) is 3.33. The van der Waals surface area contributed by atoms with Crippen LogP contribution in [0.15, 0.2) is 36.5 Å². The van der Waals surface area contributed by atoms with Crippen molar-refractivity contribution in [3.8, 4) is 0 Å². The van der Waals surface area contributed by atoms with Crippen molar-refractivity contribution in [2.24, 2.45) is 0 Å². The third kappa shape index (κ3) is 3.79. The molecule has 2 N–H and O–H groups in total. The van der Waals surface area contributed by atoms with Crippen LogP contribution in [0.2, 0.25) is 0 Å². The number of nitrogens with one attached hydrogen (secondary N) is 2. The van der Waals surface area contributed by atoms with Gasteiger partial charge in [0.25, 0.3) is 5.91 Å². The number of nitrogens with zero attached hydrogens (tertiary/aromatic N) is 2. The smallest absolute Gasteiger partial charge is 0.252 e. The normalized spacial score (nSPS) is 13.8. The largest absolute Gasteiger partial charge is 0.370 e. The molecule has 1 aliphatic carbocycles. The third-order valence-electron chi connectivity index (χ3n) is 4.19. The van der Waals surface area contributed by atoms with E-state index in [1.807, 2.05) is 36.5 Å². The minimum atomic E-state index is -0.0142. The van der Waals surface area contributed by atoms with Crippen LogP contribution in [-0.4, -0.2) is 28.5 Å². The molecule has 0 spiro atoms. The number of aromatic nitrogens is 2. The quantitative estimate of drug-likeness (QED) is 0.712. The van der Waals surface area contributed by atoms with E-state index in [9.17, 15) is 4.79 Å². The van der Waals surface area contributed by atoms with E-state index in [1.54, 1.807) is 11.3 Å². The fourth-order valence-electron chi connectivity index (χ4n) is 2.76. The molecule has 6 heteroatoms. The lowest BCUT2D eigenvalue weighted by Crippen LogP contribution is -2.25. The van der Waals surface area contributed by atoms with Crippen LogP contribution in [0.4, 0.5) is 5.82 Å². The summed E-state index contributed by atoms with van der Waals surface area (Å²) in [6.07, 6.45) is 4.89. The minimum absolute atomic E-state index is 0.0142. The number of pyridine rings is 1. The first-order chi connectivity index (χ1) is 12.2. The number of amides is 1. The van der Waals surface area contributed by atoms with E-state index in [2.05, 4.69) is 27.5 Å². The molecule has 2 heterocycles. The molecular formula is C19H20N4OS. The minimum Gasteiger partial charge on any atom is -0.370 e. The fraction of sp³-hybridized carbons (Fsp3) is 0.316. The first kappa shape index (κ1) is 16.0. The maximum absolute atomic E-state index is 12.6. The van der Waals surface area contributed by atoms with Crippen molar-refractivity contribution in [1.82, 2.24) is 15.3 Å². The number of hydrogen-bond acceptors (Lipinski definition) is 5. The van der Waals surface area contributed by atoms with Crippen LogP contribution in [0.5, 0.6) is 0 Å². The zero-order valence-corrected chi connectivity index (χ0v) is 14.9. The van der Waals surface area contributed by atoms with Crippen molar-refractivity contribution >= 4 is 34.0 Å². The number of thiazole rings is 1. The van der Waals surface area contributed by atoms with Crippen molar-refractivity contribution in [3.05, 3.63) is 52.0 Å². The zero-order valence-electron chi connectivity index (χ0n) is 14.1. The number of aryl methyl sites for hydroxylation is 1. The number of fused-ring (bicyclic) bond motifs is 1. The van der Waals surface area contributed by atoms with E-state index in [0.717, 1.165) is 47.5 Å². The van der Waals surface area contributed by atoms with Crippen molar-refractivity contribution < 1.29 is 4.79 Å². The first-order valence-corrected chi connectivity index (χ1v) is 9.36. The maximum Gasteiger partial charge on any atom is 0.252 e. The summed E-state index contributed by atoms with van der Waals surface area (Å²) in [5.74, 6) is 0.715.